The highest BCUT2D eigenvalue weighted by Crippen LogP contribution is 2.68. The van der Waals surface area contributed by atoms with E-state index in [0.717, 1.165) is 43.9 Å². The molecular formula is C31H47N3O4S. The molecule has 1 N–H and O–H groups in total. The molecule has 7 nitrogen and oxygen atoms in total. The number of anilines is 1. The summed E-state index contributed by atoms with van der Waals surface area (Å²) in [4.78, 5) is 38.4. The average Bonchev–Trinajstić information content (AvgIpc) is 3.26. The maximum absolute atomic E-state index is 13.6. The Morgan fingerprint density at radius 1 is 1.26 bits per heavy atom. The molecule has 3 fully saturated rings. The number of rotatable bonds is 8. The molecule has 39 heavy (non-hydrogen) atoms. The first-order valence-corrected chi connectivity index (χ1v) is 15.6. The Morgan fingerprint density at radius 2 is 1.95 bits per heavy atom. The van der Waals surface area contributed by atoms with Gasteiger partial charge in [0.05, 0.1) is 11.9 Å². The minimum absolute atomic E-state index is 0.0468. The molecule has 1 aromatic rings. The molecule has 3 aliphatic carbocycles. The number of aliphatic hydroxyl groups excluding tert-OH is 1. The standard InChI is InChI=1S/C31H47N3O4S/c1-9-29(7)17-23(38-25(36)18-39-28-32-20(5)16-24(33-28)34(10-2)11-3)30(8)19(4)12-14-31(21(6)27(29)37)15-13-22(35)26(30)31/h9,16,19,21,23,26-27,37H,1,10-15,17-18H2,2-8H3/t19-,21+,23-,26+,27+,29-,30-,31+/m1/s1. The molecule has 0 saturated heterocycles. The van der Waals surface area contributed by atoms with Crippen molar-refractivity contribution in [3.63, 3.8) is 0 Å². The van der Waals surface area contributed by atoms with E-state index in [-0.39, 0.29) is 40.7 Å². The number of aromatic nitrogens is 2. The van der Waals surface area contributed by atoms with Crippen molar-refractivity contribution in [3.8, 4) is 0 Å². The highest BCUT2D eigenvalue weighted by atomic mass is 32.2. The quantitative estimate of drug-likeness (QED) is 0.190. The fourth-order valence-corrected chi connectivity index (χ4v) is 8.80. The summed E-state index contributed by atoms with van der Waals surface area (Å²) >= 11 is 1.28. The number of aryl methyl sites for hydroxylation is 1. The fraction of sp³-hybridized carbons (Fsp3) is 0.742. The van der Waals surface area contributed by atoms with Crippen molar-refractivity contribution in [1.29, 1.82) is 0 Å². The van der Waals surface area contributed by atoms with Crippen molar-refractivity contribution in [2.24, 2.45) is 34.0 Å². The van der Waals surface area contributed by atoms with Crippen LogP contribution in [0.4, 0.5) is 5.82 Å². The fourth-order valence-electron chi connectivity index (χ4n) is 8.12. The number of esters is 1. The van der Waals surface area contributed by atoms with Crippen LogP contribution >= 0.6 is 11.8 Å². The molecule has 0 aliphatic heterocycles. The predicted octanol–water partition coefficient (Wildman–Crippen LogP) is 5.63. The third kappa shape index (κ3) is 5.05. The lowest BCUT2D eigenvalue weighted by Crippen LogP contribution is -2.63. The van der Waals surface area contributed by atoms with Gasteiger partial charge in [-0.25, -0.2) is 9.97 Å². The number of ether oxygens (including phenoxy) is 1. The van der Waals surface area contributed by atoms with Crippen molar-refractivity contribution in [3.05, 3.63) is 24.4 Å². The van der Waals surface area contributed by atoms with Crippen LogP contribution in [0.3, 0.4) is 0 Å². The zero-order valence-corrected chi connectivity index (χ0v) is 25.6. The van der Waals surface area contributed by atoms with Gasteiger partial charge in [-0.2, -0.15) is 0 Å². The molecule has 3 aliphatic rings. The van der Waals surface area contributed by atoms with E-state index in [2.05, 4.69) is 56.1 Å². The molecule has 2 bridgehead atoms. The van der Waals surface area contributed by atoms with Gasteiger partial charge in [-0.1, -0.05) is 45.5 Å². The summed E-state index contributed by atoms with van der Waals surface area (Å²) in [5.74, 6) is 0.783. The van der Waals surface area contributed by atoms with E-state index in [1.807, 2.05) is 26.0 Å². The number of carbonyl (C=O) groups is 2. The molecule has 0 unspecified atom stereocenters. The van der Waals surface area contributed by atoms with Gasteiger partial charge in [0, 0.05) is 48.0 Å². The molecule has 0 radical (unpaired) electrons. The van der Waals surface area contributed by atoms with Crippen molar-refractivity contribution in [1.82, 2.24) is 9.97 Å². The number of hydrogen-bond donors (Lipinski definition) is 1. The molecule has 1 aromatic heterocycles. The van der Waals surface area contributed by atoms with Gasteiger partial charge in [0.25, 0.3) is 0 Å². The van der Waals surface area contributed by atoms with E-state index >= 15 is 0 Å². The smallest absolute Gasteiger partial charge is 0.316 e. The maximum Gasteiger partial charge on any atom is 0.316 e. The summed E-state index contributed by atoms with van der Waals surface area (Å²) < 4.78 is 6.36. The van der Waals surface area contributed by atoms with Crippen molar-refractivity contribution >= 4 is 29.3 Å². The molecule has 8 heteroatoms. The second-order valence-corrected chi connectivity index (χ2v) is 13.6. The highest BCUT2D eigenvalue weighted by Gasteiger charge is 2.68. The molecule has 0 spiro atoms. The first-order chi connectivity index (χ1) is 18.4. The van der Waals surface area contributed by atoms with Crippen LogP contribution in [0, 0.1) is 40.9 Å². The normalized spacial score (nSPS) is 37.9. The van der Waals surface area contributed by atoms with Crippen LogP contribution < -0.4 is 4.90 Å². The lowest BCUT2D eigenvalue weighted by atomic mass is 9.44. The first-order valence-electron chi connectivity index (χ1n) is 14.6. The summed E-state index contributed by atoms with van der Waals surface area (Å²) in [6.45, 7) is 20.4. The SMILES string of the molecule is C=C[C@]1(C)C[C@@H](OC(=O)CSc2nc(C)cc(N(CC)CC)n2)[C@@]2(C)[C@H](C)CC[C@]3(CCC(=O)[C@H]32)[C@@H](C)[C@@H]1O. The van der Waals surface area contributed by atoms with E-state index in [0.29, 0.717) is 18.0 Å². The minimum Gasteiger partial charge on any atom is -0.461 e. The molecular weight excluding hydrogens is 510 g/mol. The molecule has 3 saturated carbocycles. The molecule has 0 amide bonds. The second kappa shape index (κ2) is 11.2. The van der Waals surface area contributed by atoms with Crippen molar-refractivity contribution < 1.29 is 19.4 Å². The molecule has 4 rings (SSSR count). The van der Waals surface area contributed by atoms with Crippen LogP contribution in [-0.2, 0) is 14.3 Å². The summed E-state index contributed by atoms with van der Waals surface area (Å²) in [6.07, 6.45) is 4.28. The van der Waals surface area contributed by atoms with Gasteiger partial charge in [-0.05, 0) is 63.7 Å². The molecule has 216 valence electrons. The minimum atomic E-state index is -0.670. The van der Waals surface area contributed by atoms with Crippen LogP contribution in [-0.4, -0.2) is 57.9 Å². The van der Waals surface area contributed by atoms with Gasteiger partial charge in [0.1, 0.15) is 17.7 Å². The molecule has 1 heterocycles. The van der Waals surface area contributed by atoms with Gasteiger partial charge in [0.15, 0.2) is 5.16 Å². The van der Waals surface area contributed by atoms with Gasteiger partial charge in [-0.15, -0.1) is 6.58 Å². The number of ketones is 1. The number of nitrogens with zero attached hydrogens (tertiary/aromatic N) is 3. The van der Waals surface area contributed by atoms with Crippen LogP contribution in [0.2, 0.25) is 0 Å². The van der Waals surface area contributed by atoms with Crippen LogP contribution in [0.15, 0.2) is 23.9 Å². The van der Waals surface area contributed by atoms with Crippen LogP contribution in [0.5, 0.6) is 0 Å². The summed E-state index contributed by atoms with van der Waals surface area (Å²) in [6, 6.07) is 1.96. The van der Waals surface area contributed by atoms with Crippen LogP contribution in [0.25, 0.3) is 0 Å². The summed E-state index contributed by atoms with van der Waals surface area (Å²) in [5, 5.41) is 12.2. The topological polar surface area (TPSA) is 92.6 Å². The van der Waals surface area contributed by atoms with Gasteiger partial charge >= 0.3 is 5.97 Å². The number of hydrogen-bond acceptors (Lipinski definition) is 8. The third-order valence-corrected chi connectivity index (χ3v) is 11.6. The van der Waals surface area contributed by atoms with E-state index in [1.54, 1.807) is 0 Å². The van der Waals surface area contributed by atoms with E-state index in [9.17, 15) is 14.7 Å². The summed E-state index contributed by atoms with van der Waals surface area (Å²) in [5.41, 5.74) is -0.580. The molecule has 8 atom stereocenters. The summed E-state index contributed by atoms with van der Waals surface area (Å²) in [7, 11) is 0. The van der Waals surface area contributed by atoms with Gasteiger partial charge in [0.2, 0.25) is 0 Å². The lowest BCUT2D eigenvalue weighted by Gasteiger charge is -2.61. The third-order valence-electron chi connectivity index (χ3n) is 10.8. The van der Waals surface area contributed by atoms with Gasteiger partial charge < -0.3 is 14.7 Å². The Kier molecular flexibility index (Phi) is 8.59. The van der Waals surface area contributed by atoms with Crippen molar-refractivity contribution in [2.45, 2.75) is 97.9 Å². The number of thioether (sulfide) groups is 1. The first kappa shape index (κ1) is 30.0. The lowest BCUT2D eigenvalue weighted by molar-refractivity contribution is -0.205. The van der Waals surface area contributed by atoms with E-state index in [4.69, 9.17) is 4.74 Å². The monoisotopic (exact) mass is 557 g/mol. The second-order valence-electron chi connectivity index (χ2n) is 12.7. The Labute approximate surface area is 238 Å². The Balaban J connectivity index is 1.63. The Hall–Kier alpha value is -1.93. The number of aliphatic hydroxyl groups is 1. The number of carbonyl (C=O) groups excluding carboxylic acids is 2. The van der Waals surface area contributed by atoms with E-state index < -0.39 is 23.0 Å². The largest absolute Gasteiger partial charge is 0.461 e. The highest BCUT2D eigenvalue weighted by molar-refractivity contribution is 7.99. The van der Waals surface area contributed by atoms with Crippen molar-refractivity contribution in [2.75, 3.05) is 23.7 Å². The van der Waals surface area contributed by atoms with Crippen LogP contribution in [0.1, 0.15) is 79.3 Å². The Morgan fingerprint density at radius 3 is 2.59 bits per heavy atom. The maximum atomic E-state index is 13.6. The van der Waals surface area contributed by atoms with Gasteiger partial charge in [-0.3, -0.25) is 9.59 Å². The zero-order valence-electron chi connectivity index (χ0n) is 24.8. The Bertz CT molecular complexity index is 1110. The number of Topliss-reactive ketones (excluding diaryl/α,β-unsaturated/α-hetero) is 1. The molecule has 0 aromatic carbocycles. The predicted molar refractivity (Wildman–Crippen MR) is 156 cm³/mol. The van der Waals surface area contributed by atoms with E-state index in [1.165, 1.54) is 11.8 Å². The zero-order chi connectivity index (χ0) is 28.8. The average molecular weight is 558 g/mol.